The van der Waals surface area contributed by atoms with Gasteiger partial charge in [0.05, 0.1) is 12.8 Å². The smallest absolute Gasteiger partial charge is 0.341 e. The van der Waals surface area contributed by atoms with E-state index in [0.29, 0.717) is 30.0 Å². The number of fused-ring (bicyclic) bond motifs is 1. The van der Waals surface area contributed by atoms with Crippen LogP contribution in [-0.4, -0.2) is 38.2 Å². The zero-order chi connectivity index (χ0) is 23.4. The Morgan fingerprint density at radius 3 is 2.73 bits per heavy atom. The third kappa shape index (κ3) is 5.15. The summed E-state index contributed by atoms with van der Waals surface area (Å²) in [5, 5.41) is 8.90. The van der Waals surface area contributed by atoms with Crippen molar-refractivity contribution in [2.24, 2.45) is 0 Å². The van der Waals surface area contributed by atoms with Gasteiger partial charge in [-0.3, -0.25) is 4.98 Å². The monoisotopic (exact) mass is 468 g/mol. The van der Waals surface area contributed by atoms with Gasteiger partial charge in [-0.25, -0.2) is 17.9 Å². The fourth-order valence-electron chi connectivity index (χ4n) is 3.96. The van der Waals surface area contributed by atoms with Gasteiger partial charge >= 0.3 is 5.97 Å². The van der Waals surface area contributed by atoms with E-state index < -0.39 is 28.6 Å². The predicted octanol–water partition coefficient (Wildman–Crippen LogP) is 3.58. The van der Waals surface area contributed by atoms with Crippen molar-refractivity contribution in [2.75, 3.05) is 13.7 Å². The average molecular weight is 469 g/mol. The van der Waals surface area contributed by atoms with E-state index in [0.717, 1.165) is 23.1 Å². The van der Waals surface area contributed by atoms with Gasteiger partial charge in [-0.2, -0.15) is 0 Å². The molecule has 2 N–H and O–H groups in total. The summed E-state index contributed by atoms with van der Waals surface area (Å²) in [4.78, 5) is 15.3. The van der Waals surface area contributed by atoms with Gasteiger partial charge in [0.25, 0.3) is 0 Å². The molecule has 1 heterocycles. The first-order chi connectivity index (χ1) is 15.9. The van der Waals surface area contributed by atoms with E-state index >= 15 is 0 Å². The topological polar surface area (TPSA) is 115 Å². The summed E-state index contributed by atoms with van der Waals surface area (Å²) in [6, 6.07) is 15.4. The first kappa shape index (κ1) is 22.8. The molecule has 1 aliphatic rings. The second kappa shape index (κ2) is 9.60. The summed E-state index contributed by atoms with van der Waals surface area (Å²) >= 11 is 0. The van der Waals surface area contributed by atoms with Crippen LogP contribution in [0.25, 0.3) is 11.3 Å². The second-order valence-electron chi connectivity index (χ2n) is 7.68. The Kier molecular flexibility index (Phi) is 6.62. The maximum Gasteiger partial charge on any atom is 0.341 e. The molecule has 172 valence electrons. The number of carboxylic acid groups (broad SMARTS) is 1. The van der Waals surface area contributed by atoms with Gasteiger partial charge in [-0.15, -0.1) is 0 Å². The number of rotatable bonds is 8. The summed E-state index contributed by atoms with van der Waals surface area (Å²) in [5.41, 5.74) is 3.09. The van der Waals surface area contributed by atoms with Crippen molar-refractivity contribution in [1.29, 1.82) is 0 Å². The maximum atomic E-state index is 13.1. The minimum atomic E-state index is -3.83. The molecule has 1 aliphatic carbocycles. The number of aliphatic carboxylic acids is 1. The number of ether oxygens (including phenoxy) is 2. The number of sulfonamides is 1. The zero-order valence-corrected chi connectivity index (χ0v) is 18.8. The number of hydrogen-bond donors (Lipinski definition) is 2. The van der Waals surface area contributed by atoms with Crippen molar-refractivity contribution in [3.8, 4) is 22.8 Å². The van der Waals surface area contributed by atoms with Gasteiger partial charge in [0.2, 0.25) is 10.0 Å². The summed E-state index contributed by atoms with van der Waals surface area (Å²) < 4.78 is 39.6. The summed E-state index contributed by atoms with van der Waals surface area (Å²) in [5.74, 6) is 0.101. The van der Waals surface area contributed by atoms with Crippen molar-refractivity contribution in [2.45, 2.75) is 30.2 Å². The fraction of sp³-hybridized carbons (Fsp3) is 0.250. The number of benzene rings is 2. The molecule has 3 aromatic rings. The van der Waals surface area contributed by atoms with Crippen LogP contribution in [0.2, 0.25) is 0 Å². The van der Waals surface area contributed by atoms with E-state index in [4.69, 9.17) is 14.6 Å². The lowest BCUT2D eigenvalue weighted by Gasteiger charge is -2.27. The first-order valence-corrected chi connectivity index (χ1v) is 11.9. The molecule has 0 aliphatic heterocycles. The van der Waals surface area contributed by atoms with E-state index in [9.17, 15) is 13.2 Å². The molecule has 0 saturated heterocycles. The lowest BCUT2D eigenvalue weighted by atomic mass is 9.87. The number of aromatic nitrogens is 1. The van der Waals surface area contributed by atoms with Crippen LogP contribution >= 0.6 is 0 Å². The van der Waals surface area contributed by atoms with Gasteiger partial charge < -0.3 is 14.6 Å². The van der Waals surface area contributed by atoms with Gasteiger partial charge in [0.1, 0.15) is 16.4 Å². The molecule has 2 aromatic carbocycles. The van der Waals surface area contributed by atoms with Crippen molar-refractivity contribution in [3.05, 3.63) is 71.9 Å². The molecule has 0 spiro atoms. The summed E-state index contributed by atoms with van der Waals surface area (Å²) in [6.45, 7) is -0.446. The highest BCUT2D eigenvalue weighted by atomic mass is 32.2. The third-order valence-electron chi connectivity index (χ3n) is 5.52. The molecule has 8 nitrogen and oxygen atoms in total. The van der Waals surface area contributed by atoms with E-state index in [1.165, 1.54) is 12.3 Å². The predicted molar refractivity (Wildman–Crippen MR) is 122 cm³/mol. The molecular formula is C24H24N2O6S. The number of nitrogens with zero attached hydrogens (tertiary/aromatic N) is 1. The lowest BCUT2D eigenvalue weighted by Crippen LogP contribution is -2.31. The van der Waals surface area contributed by atoms with Crippen LogP contribution in [0.15, 0.2) is 65.7 Å². The molecule has 0 saturated carbocycles. The minimum absolute atomic E-state index is 0.0690. The van der Waals surface area contributed by atoms with E-state index in [1.54, 1.807) is 25.3 Å². The van der Waals surface area contributed by atoms with E-state index in [1.807, 2.05) is 30.3 Å². The molecule has 0 radical (unpaired) electrons. The standard InChI is InChI=1S/C24H24N2O6S/c1-31-17-6-2-5-16(13-17)21-12-11-18(14-25-21)33(29,30)26-22-9-3-8-20-19(22)7-4-10-23(20)32-15-24(27)28/h2,4-7,10-14,22,26H,3,8-9,15H2,1H3,(H,27,28). The Labute approximate surface area is 192 Å². The molecule has 4 rings (SSSR count). The van der Waals surface area contributed by atoms with Crippen molar-refractivity contribution < 1.29 is 27.8 Å². The molecule has 1 aromatic heterocycles. The van der Waals surface area contributed by atoms with Gasteiger partial charge in [0.15, 0.2) is 6.61 Å². The van der Waals surface area contributed by atoms with Gasteiger partial charge in [0, 0.05) is 17.8 Å². The summed E-state index contributed by atoms with van der Waals surface area (Å²) in [6.07, 6.45) is 3.41. The number of pyridine rings is 1. The molecule has 0 amide bonds. The Hall–Kier alpha value is -3.43. The molecule has 1 atom stereocenters. The number of carbonyl (C=O) groups is 1. The van der Waals surface area contributed by atoms with Crippen LogP contribution < -0.4 is 14.2 Å². The molecule has 0 bridgehead atoms. The Balaban J connectivity index is 1.55. The highest BCUT2D eigenvalue weighted by Gasteiger charge is 2.28. The molecule has 33 heavy (non-hydrogen) atoms. The van der Waals surface area contributed by atoms with Crippen LogP contribution in [0.3, 0.4) is 0 Å². The quantitative estimate of drug-likeness (QED) is 0.519. The van der Waals surface area contributed by atoms with Crippen LogP contribution in [0, 0.1) is 0 Å². The number of methoxy groups -OCH3 is 1. The molecule has 1 unspecified atom stereocenters. The lowest BCUT2D eigenvalue weighted by molar-refractivity contribution is -0.139. The Morgan fingerprint density at radius 1 is 1.18 bits per heavy atom. The second-order valence-corrected chi connectivity index (χ2v) is 9.40. The first-order valence-electron chi connectivity index (χ1n) is 10.5. The maximum absolute atomic E-state index is 13.1. The highest BCUT2D eigenvalue weighted by molar-refractivity contribution is 7.89. The Morgan fingerprint density at radius 2 is 2.00 bits per heavy atom. The minimum Gasteiger partial charge on any atom is -0.497 e. The van der Waals surface area contributed by atoms with E-state index in [-0.39, 0.29) is 4.90 Å². The van der Waals surface area contributed by atoms with Crippen LogP contribution in [0.4, 0.5) is 0 Å². The third-order valence-corrected chi connectivity index (χ3v) is 6.98. The molecular weight excluding hydrogens is 444 g/mol. The highest BCUT2D eigenvalue weighted by Crippen LogP contribution is 2.36. The van der Waals surface area contributed by atoms with Crippen LogP contribution in [-0.2, 0) is 21.2 Å². The van der Waals surface area contributed by atoms with Crippen molar-refractivity contribution >= 4 is 16.0 Å². The normalized spacial score (nSPS) is 15.5. The van der Waals surface area contributed by atoms with Crippen molar-refractivity contribution in [1.82, 2.24) is 9.71 Å². The fourth-order valence-corrected chi connectivity index (χ4v) is 5.15. The van der Waals surface area contributed by atoms with E-state index in [2.05, 4.69) is 9.71 Å². The SMILES string of the molecule is COc1cccc(-c2ccc(S(=O)(=O)NC3CCCc4c(OCC(=O)O)cccc43)cn2)c1. The Bertz CT molecular complexity index is 1260. The van der Waals surface area contributed by atoms with Crippen molar-refractivity contribution in [3.63, 3.8) is 0 Å². The number of carboxylic acids is 1. The molecule has 9 heteroatoms. The number of nitrogens with one attached hydrogen (secondary N) is 1. The van der Waals surface area contributed by atoms with Gasteiger partial charge in [-0.1, -0.05) is 24.3 Å². The largest absolute Gasteiger partial charge is 0.497 e. The number of hydrogen-bond acceptors (Lipinski definition) is 6. The molecule has 0 fully saturated rings. The van der Waals surface area contributed by atoms with Crippen LogP contribution in [0.5, 0.6) is 11.5 Å². The average Bonchev–Trinajstić information content (AvgIpc) is 2.83. The zero-order valence-electron chi connectivity index (χ0n) is 18.0. The van der Waals surface area contributed by atoms with Gasteiger partial charge in [-0.05, 0) is 60.7 Å². The van der Waals surface area contributed by atoms with Crippen LogP contribution in [0.1, 0.15) is 30.0 Å². The summed E-state index contributed by atoms with van der Waals surface area (Å²) in [7, 11) is -2.24.